The van der Waals surface area contributed by atoms with Crippen molar-refractivity contribution in [3.05, 3.63) is 193 Å². The van der Waals surface area contributed by atoms with Crippen molar-refractivity contribution < 1.29 is 4.42 Å². The summed E-state index contributed by atoms with van der Waals surface area (Å²) in [4.78, 5) is 2.40. The lowest BCUT2D eigenvalue weighted by molar-refractivity contribution is 0.661. The number of aromatic nitrogens is 1. The standard InChI is InChI=1S/C52H37N3O/c1-52(2)42-18-8-6-15-37(42)40-31-47-41(30-43(40)52)38-16-7-10-20-45(38)54(47)35-27-28-39-49(29-35)56-48-22-12-17-36(50(39)48)32-23-25-34(26-24-32)55-46-21-11-9-19-44(46)53-51(55)33-13-4-3-5-14-33/h3-31,51,53H,1-2H3. The molecule has 0 spiro atoms. The molecule has 12 rings (SSSR count). The maximum atomic E-state index is 6.70. The molecule has 1 unspecified atom stereocenters. The molecule has 266 valence electrons. The second-order valence-corrected chi connectivity index (χ2v) is 15.8. The summed E-state index contributed by atoms with van der Waals surface area (Å²) in [5.41, 5.74) is 17.6. The van der Waals surface area contributed by atoms with Gasteiger partial charge in [0, 0.05) is 44.4 Å². The Morgan fingerprint density at radius 2 is 1.27 bits per heavy atom. The van der Waals surface area contributed by atoms with E-state index in [0.717, 1.165) is 50.1 Å². The zero-order valence-corrected chi connectivity index (χ0v) is 31.1. The Hall–Kier alpha value is -7.04. The predicted octanol–water partition coefficient (Wildman–Crippen LogP) is 13.9. The highest BCUT2D eigenvalue weighted by atomic mass is 16.3. The molecule has 0 bridgehead atoms. The SMILES string of the molecule is CC1(C)c2ccccc2-c2cc3c(cc21)c1ccccc1n3-c1ccc2c(c1)oc1cccc(-c3ccc(N4c5ccccc5NC4c4ccccc4)cc3)c12. The van der Waals surface area contributed by atoms with Crippen LogP contribution in [-0.2, 0) is 5.41 Å². The zero-order chi connectivity index (χ0) is 37.1. The average Bonchev–Trinajstić information content (AvgIpc) is 3.97. The van der Waals surface area contributed by atoms with Crippen LogP contribution in [0.25, 0.3) is 71.7 Å². The van der Waals surface area contributed by atoms with E-state index in [9.17, 15) is 0 Å². The quantitative estimate of drug-likeness (QED) is 0.197. The monoisotopic (exact) mass is 719 g/mol. The van der Waals surface area contributed by atoms with Gasteiger partial charge in [0.25, 0.3) is 0 Å². The molecule has 0 saturated carbocycles. The van der Waals surface area contributed by atoms with Crippen LogP contribution in [0, 0.1) is 0 Å². The number of nitrogens with zero attached hydrogens (tertiary/aromatic N) is 2. The van der Waals surface area contributed by atoms with Gasteiger partial charge in [0.1, 0.15) is 17.3 Å². The van der Waals surface area contributed by atoms with Gasteiger partial charge in [-0.05, 0) is 99.6 Å². The Kier molecular flexibility index (Phi) is 6.42. The van der Waals surface area contributed by atoms with Crippen molar-refractivity contribution in [3.63, 3.8) is 0 Å². The topological polar surface area (TPSA) is 33.3 Å². The molecule has 3 heterocycles. The lowest BCUT2D eigenvalue weighted by Crippen LogP contribution is -2.23. The van der Waals surface area contributed by atoms with Gasteiger partial charge in [-0.2, -0.15) is 0 Å². The van der Waals surface area contributed by atoms with Crippen molar-refractivity contribution >= 4 is 60.8 Å². The molecule has 8 aromatic carbocycles. The van der Waals surface area contributed by atoms with Crippen LogP contribution in [-0.4, -0.2) is 4.57 Å². The molecule has 1 atom stereocenters. The zero-order valence-electron chi connectivity index (χ0n) is 31.1. The van der Waals surface area contributed by atoms with Crippen LogP contribution < -0.4 is 10.2 Å². The number of rotatable bonds is 4. The second kappa shape index (κ2) is 11.5. The molecule has 56 heavy (non-hydrogen) atoms. The van der Waals surface area contributed by atoms with Crippen LogP contribution in [0.2, 0.25) is 0 Å². The van der Waals surface area contributed by atoms with E-state index in [2.05, 4.69) is 205 Å². The van der Waals surface area contributed by atoms with Gasteiger partial charge in [0.05, 0.1) is 22.4 Å². The van der Waals surface area contributed by atoms with E-state index in [1.807, 2.05) is 0 Å². The summed E-state index contributed by atoms with van der Waals surface area (Å²) in [5, 5.41) is 8.54. The van der Waals surface area contributed by atoms with E-state index >= 15 is 0 Å². The minimum atomic E-state index is -0.0596. The third-order valence-corrected chi connectivity index (χ3v) is 12.4. The maximum Gasteiger partial charge on any atom is 0.137 e. The molecule has 1 N–H and O–H groups in total. The van der Waals surface area contributed by atoms with E-state index in [-0.39, 0.29) is 11.6 Å². The number of hydrogen-bond acceptors (Lipinski definition) is 3. The molecule has 0 amide bonds. The highest BCUT2D eigenvalue weighted by molar-refractivity contribution is 6.14. The summed E-state index contributed by atoms with van der Waals surface area (Å²) >= 11 is 0. The van der Waals surface area contributed by atoms with Crippen molar-refractivity contribution in [1.82, 2.24) is 4.57 Å². The first-order valence-corrected chi connectivity index (χ1v) is 19.5. The molecule has 2 aromatic heterocycles. The van der Waals surface area contributed by atoms with Gasteiger partial charge in [-0.15, -0.1) is 0 Å². The van der Waals surface area contributed by atoms with Crippen molar-refractivity contribution in [1.29, 1.82) is 0 Å². The fourth-order valence-corrected chi connectivity index (χ4v) is 9.75. The smallest absolute Gasteiger partial charge is 0.137 e. The molecule has 10 aromatic rings. The summed E-state index contributed by atoms with van der Waals surface area (Å²) in [6, 6.07) is 63.9. The fraction of sp³-hybridized carbons (Fsp3) is 0.0769. The van der Waals surface area contributed by atoms with Gasteiger partial charge < -0.3 is 19.2 Å². The van der Waals surface area contributed by atoms with Crippen LogP contribution in [0.3, 0.4) is 0 Å². The molecule has 1 aliphatic carbocycles. The van der Waals surface area contributed by atoms with E-state index in [1.165, 1.54) is 55.3 Å². The Morgan fingerprint density at radius 3 is 2.16 bits per heavy atom. The third kappa shape index (κ3) is 4.35. The molecule has 0 saturated heterocycles. The van der Waals surface area contributed by atoms with Gasteiger partial charge in [-0.3, -0.25) is 0 Å². The van der Waals surface area contributed by atoms with Gasteiger partial charge in [-0.1, -0.05) is 123 Å². The van der Waals surface area contributed by atoms with Crippen LogP contribution in [0.5, 0.6) is 0 Å². The van der Waals surface area contributed by atoms with Gasteiger partial charge in [0.2, 0.25) is 0 Å². The molecule has 4 heteroatoms. The molecule has 1 aliphatic heterocycles. The lowest BCUT2D eigenvalue weighted by Gasteiger charge is -2.27. The summed E-state index contributed by atoms with van der Waals surface area (Å²) in [6.45, 7) is 4.71. The Bertz CT molecular complexity index is 3200. The largest absolute Gasteiger partial charge is 0.456 e. The third-order valence-electron chi connectivity index (χ3n) is 12.4. The minimum absolute atomic E-state index is 0.00741. The summed E-state index contributed by atoms with van der Waals surface area (Å²) < 4.78 is 9.12. The van der Waals surface area contributed by atoms with Crippen LogP contribution >= 0.6 is 0 Å². The normalized spacial score (nSPS) is 15.4. The van der Waals surface area contributed by atoms with Crippen molar-refractivity contribution in [2.75, 3.05) is 10.2 Å². The first-order chi connectivity index (χ1) is 27.5. The first kappa shape index (κ1) is 31.3. The van der Waals surface area contributed by atoms with Crippen molar-refractivity contribution in [2.45, 2.75) is 25.4 Å². The second-order valence-electron chi connectivity index (χ2n) is 15.8. The van der Waals surface area contributed by atoms with E-state index in [1.54, 1.807) is 0 Å². The van der Waals surface area contributed by atoms with Crippen LogP contribution in [0.1, 0.15) is 36.7 Å². The average molecular weight is 720 g/mol. The fourth-order valence-electron chi connectivity index (χ4n) is 9.75. The van der Waals surface area contributed by atoms with E-state index < -0.39 is 0 Å². The molecular weight excluding hydrogens is 683 g/mol. The number of benzene rings is 8. The number of hydrogen-bond donors (Lipinski definition) is 1. The number of para-hydroxylation sites is 3. The van der Waals surface area contributed by atoms with Gasteiger partial charge >= 0.3 is 0 Å². The maximum absolute atomic E-state index is 6.70. The number of fused-ring (bicyclic) bond motifs is 10. The summed E-state index contributed by atoms with van der Waals surface area (Å²) in [7, 11) is 0. The Labute approximate surface area is 324 Å². The van der Waals surface area contributed by atoms with Gasteiger partial charge in [0.15, 0.2) is 0 Å². The van der Waals surface area contributed by atoms with Crippen LogP contribution in [0.4, 0.5) is 17.1 Å². The van der Waals surface area contributed by atoms with E-state index in [4.69, 9.17) is 4.42 Å². The van der Waals surface area contributed by atoms with Crippen molar-refractivity contribution in [3.8, 4) is 27.9 Å². The highest BCUT2D eigenvalue weighted by Gasteiger charge is 2.36. The molecule has 4 nitrogen and oxygen atoms in total. The summed E-state index contributed by atoms with van der Waals surface area (Å²) in [5.74, 6) is 0. The Balaban J connectivity index is 0.974. The number of furan rings is 1. The molecule has 0 fully saturated rings. The highest BCUT2D eigenvalue weighted by Crippen LogP contribution is 2.51. The molecule has 2 aliphatic rings. The summed E-state index contributed by atoms with van der Waals surface area (Å²) in [6.07, 6.45) is 0.00741. The van der Waals surface area contributed by atoms with E-state index in [0.29, 0.717) is 0 Å². The number of nitrogens with one attached hydrogen (secondary N) is 1. The Morgan fingerprint density at radius 1 is 0.518 bits per heavy atom. The lowest BCUT2D eigenvalue weighted by atomic mass is 9.82. The van der Waals surface area contributed by atoms with Crippen molar-refractivity contribution in [2.24, 2.45) is 0 Å². The predicted molar refractivity (Wildman–Crippen MR) is 232 cm³/mol. The molecular formula is C52H37N3O. The molecule has 0 radical (unpaired) electrons. The number of anilines is 3. The first-order valence-electron chi connectivity index (χ1n) is 19.5. The van der Waals surface area contributed by atoms with Crippen LogP contribution in [0.15, 0.2) is 180 Å². The van der Waals surface area contributed by atoms with Gasteiger partial charge in [-0.25, -0.2) is 0 Å². The minimum Gasteiger partial charge on any atom is -0.456 e.